The first-order chi connectivity index (χ1) is 13.3. The first kappa shape index (κ1) is 17.2. The Morgan fingerprint density at radius 1 is 1.19 bits per heavy atom. The maximum Gasteiger partial charge on any atom is 0.198 e. The van der Waals surface area contributed by atoms with Crippen LogP contribution in [0.25, 0.3) is 15.9 Å². The van der Waals surface area contributed by atoms with Crippen molar-refractivity contribution in [3.63, 3.8) is 0 Å². The zero-order chi connectivity index (χ0) is 18.4. The molecular weight excluding hydrogens is 396 g/mol. The Morgan fingerprint density at radius 2 is 2.04 bits per heavy atom. The second-order valence-corrected chi connectivity index (χ2v) is 9.15. The maximum atomic E-state index is 12.5. The number of thiophene rings is 1. The number of hydrogen-bond acceptors (Lipinski definition) is 7. The lowest BCUT2D eigenvalue weighted by atomic mass is 10.2. The molecule has 0 saturated heterocycles. The minimum Gasteiger partial charge on any atom is -0.293 e. The third kappa shape index (κ3) is 2.86. The highest BCUT2D eigenvalue weighted by Gasteiger charge is 2.24. The van der Waals surface area contributed by atoms with Gasteiger partial charge in [0.15, 0.2) is 21.7 Å². The molecule has 0 amide bonds. The number of carbonyl (C=O) groups is 1. The number of ketones is 1. The highest BCUT2D eigenvalue weighted by atomic mass is 32.2. The van der Waals surface area contributed by atoms with Crippen molar-refractivity contribution in [2.75, 3.05) is 12.0 Å². The van der Waals surface area contributed by atoms with Gasteiger partial charge >= 0.3 is 0 Å². The van der Waals surface area contributed by atoms with E-state index < -0.39 is 0 Å². The molecule has 5 nitrogen and oxygen atoms in total. The number of carbonyl (C=O) groups excluding carboxylic acids is 1. The number of rotatable bonds is 5. The van der Waals surface area contributed by atoms with Gasteiger partial charge in [-0.1, -0.05) is 53.9 Å². The molecule has 3 aromatic heterocycles. The summed E-state index contributed by atoms with van der Waals surface area (Å²) in [7, 11) is 0. The summed E-state index contributed by atoms with van der Waals surface area (Å²) in [5.74, 6) is 0.423. The zero-order valence-electron chi connectivity index (χ0n) is 14.6. The van der Waals surface area contributed by atoms with Crippen LogP contribution >= 0.6 is 34.9 Å². The molecule has 3 heterocycles. The molecule has 1 aromatic carbocycles. The second kappa shape index (κ2) is 6.92. The molecule has 5 rings (SSSR count). The van der Waals surface area contributed by atoms with E-state index in [1.165, 1.54) is 28.6 Å². The normalized spacial score (nSPS) is 13.5. The van der Waals surface area contributed by atoms with Crippen LogP contribution in [0.1, 0.15) is 27.2 Å². The van der Waals surface area contributed by atoms with Gasteiger partial charge in [-0.25, -0.2) is 9.38 Å². The van der Waals surface area contributed by atoms with Crippen molar-refractivity contribution in [1.29, 1.82) is 0 Å². The third-order valence-electron chi connectivity index (χ3n) is 4.76. The summed E-state index contributed by atoms with van der Waals surface area (Å²) < 4.78 is 2.02. The number of hydrogen-bond donors (Lipinski definition) is 0. The van der Waals surface area contributed by atoms with Gasteiger partial charge in [0.2, 0.25) is 0 Å². The smallest absolute Gasteiger partial charge is 0.198 e. The highest BCUT2D eigenvalue weighted by molar-refractivity contribution is 8.00. The van der Waals surface area contributed by atoms with Gasteiger partial charge in [-0.05, 0) is 31.1 Å². The molecular formula is C19H16N4OS3. The van der Waals surface area contributed by atoms with Crippen molar-refractivity contribution in [1.82, 2.24) is 19.6 Å². The van der Waals surface area contributed by atoms with E-state index in [1.54, 1.807) is 23.1 Å². The Hall–Kier alpha value is -1.90. The number of aryl methyl sites for hydroxylation is 2. The Kier molecular flexibility index (Phi) is 4.41. The number of thioether (sulfide) groups is 2. The van der Waals surface area contributed by atoms with E-state index in [2.05, 4.69) is 10.2 Å². The predicted octanol–water partition coefficient (Wildman–Crippen LogP) is 4.52. The van der Waals surface area contributed by atoms with Crippen molar-refractivity contribution in [2.24, 2.45) is 0 Å². The molecule has 0 fully saturated rings. The van der Waals surface area contributed by atoms with Crippen molar-refractivity contribution >= 4 is 56.5 Å². The number of aromatic nitrogens is 4. The van der Waals surface area contributed by atoms with Crippen molar-refractivity contribution in [3.8, 4) is 0 Å². The lowest BCUT2D eigenvalue weighted by Crippen LogP contribution is -2.03. The van der Waals surface area contributed by atoms with Gasteiger partial charge in [0.1, 0.15) is 4.83 Å². The fourth-order valence-electron chi connectivity index (χ4n) is 3.51. The predicted molar refractivity (Wildman–Crippen MR) is 111 cm³/mol. The molecule has 0 aliphatic heterocycles. The van der Waals surface area contributed by atoms with Crippen LogP contribution in [-0.4, -0.2) is 37.4 Å². The number of benzene rings is 1. The molecule has 0 unspecified atom stereocenters. The molecule has 27 heavy (non-hydrogen) atoms. The lowest BCUT2D eigenvalue weighted by molar-refractivity contribution is 0.102. The lowest BCUT2D eigenvalue weighted by Gasteiger charge is -2.06. The third-order valence-corrected chi connectivity index (χ3v) is 7.51. The first-order valence-electron chi connectivity index (χ1n) is 8.70. The standard InChI is InChI=1S/C19H16N4OS3/c1-25-18-20-17-15(12-8-5-9-14(12)27-17)16-21-22-19(23(16)18)26-10-13(24)11-6-3-2-4-7-11/h2-4,6-7H,5,8-10H2,1H3. The quantitative estimate of drug-likeness (QED) is 0.273. The summed E-state index contributed by atoms with van der Waals surface area (Å²) in [6, 6.07) is 9.37. The van der Waals surface area contributed by atoms with Crippen LogP contribution in [0.2, 0.25) is 0 Å². The molecule has 0 spiro atoms. The van der Waals surface area contributed by atoms with Gasteiger partial charge in [-0.2, -0.15) is 0 Å². The Labute approximate surface area is 168 Å². The van der Waals surface area contributed by atoms with Gasteiger partial charge in [-0.15, -0.1) is 21.5 Å². The van der Waals surface area contributed by atoms with Crippen molar-refractivity contribution < 1.29 is 4.79 Å². The number of nitrogens with zero attached hydrogens (tertiary/aromatic N) is 4. The van der Waals surface area contributed by atoms with E-state index in [0.29, 0.717) is 5.75 Å². The Bertz CT molecular complexity index is 1170. The molecule has 1 aliphatic carbocycles. The van der Waals surface area contributed by atoms with Crippen molar-refractivity contribution in [3.05, 3.63) is 46.3 Å². The molecule has 0 atom stereocenters. The van der Waals surface area contributed by atoms with Crippen LogP contribution < -0.4 is 0 Å². The van der Waals surface area contributed by atoms with E-state index in [-0.39, 0.29) is 5.78 Å². The van der Waals surface area contributed by atoms with Gasteiger partial charge in [0, 0.05) is 10.4 Å². The minimum atomic E-state index is 0.0912. The van der Waals surface area contributed by atoms with Gasteiger partial charge in [0.25, 0.3) is 0 Å². The Balaban J connectivity index is 1.55. The molecule has 0 N–H and O–H groups in total. The Morgan fingerprint density at radius 3 is 2.85 bits per heavy atom. The van der Waals surface area contributed by atoms with Gasteiger partial charge in [-0.3, -0.25) is 4.79 Å². The molecule has 136 valence electrons. The molecule has 0 radical (unpaired) electrons. The average Bonchev–Trinajstić information content (AvgIpc) is 3.40. The van der Waals surface area contributed by atoms with E-state index >= 15 is 0 Å². The monoisotopic (exact) mass is 412 g/mol. The van der Waals surface area contributed by atoms with E-state index in [1.807, 2.05) is 41.0 Å². The average molecular weight is 413 g/mol. The number of Topliss-reactive ketones (excluding diaryl/α,β-unsaturated/α-hetero) is 1. The van der Waals surface area contributed by atoms with Crippen LogP contribution in [0, 0.1) is 0 Å². The summed E-state index contributed by atoms with van der Waals surface area (Å²) in [6.45, 7) is 0. The largest absolute Gasteiger partial charge is 0.293 e. The van der Waals surface area contributed by atoms with E-state index in [4.69, 9.17) is 4.98 Å². The summed E-state index contributed by atoms with van der Waals surface area (Å²) in [5.41, 5.74) is 2.99. The molecule has 1 aliphatic rings. The fourth-order valence-corrected chi connectivity index (χ4v) is 6.25. The number of fused-ring (bicyclic) bond motifs is 5. The zero-order valence-corrected chi connectivity index (χ0v) is 17.1. The van der Waals surface area contributed by atoms with Crippen LogP contribution in [0.5, 0.6) is 0 Å². The molecule has 0 saturated carbocycles. The van der Waals surface area contributed by atoms with Gasteiger partial charge in [0.05, 0.1) is 11.1 Å². The maximum absolute atomic E-state index is 12.5. The van der Waals surface area contributed by atoms with E-state index in [9.17, 15) is 4.79 Å². The minimum absolute atomic E-state index is 0.0912. The molecule has 4 aromatic rings. The SMILES string of the molecule is CSc1nc2sc3c(c2c2nnc(SCC(=O)c4ccccc4)n12)CCC3. The second-order valence-electron chi connectivity index (χ2n) is 6.36. The first-order valence-corrected chi connectivity index (χ1v) is 11.7. The van der Waals surface area contributed by atoms with Crippen LogP contribution in [0.15, 0.2) is 40.6 Å². The summed E-state index contributed by atoms with van der Waals surface area (Å²) in [4.78, 5) is 19.8. The summed E-state index contributed by atoms with van der Waals surface area (Å²) in [6.07, 6.45) is 5.44. The highest BCUT2D eigenvalue weighted by Crippen LogP contribution is 2.40. The van der Waals surface area contributed by atoms with E-state index in [0.717, 1.165) is 44.6 Å². The summed E-state index contributed by atoms with van der Waals surface area (Å²) in [5, 5.41) is 11.6. The topological polar surface area (TPSA) is 60.2 Å². The van der Waals surface area contributed by atoms with Crippen LogP contribution in [0.3, 0.4) is 0 Å². The summed E-state index contributed by atoms with van der Waals surface area (Å²) >= 11 is 4.80. The van der Waals surface area contributed by atoms with Crippen molar-refractivity contribution in [2.45, 2.75) is 29.6 Å². The van der Waals surface area contributed by atoms with Gasteiger partial charge < -0.3 is 0 Å². The molecule has 0 bridgehead atoms. The van der Waals surface area contributed by atoms with Crippen LogP contribution in [-0.2, 0) is 12.8 Å². The van der Waals surface area contributed by atoms with Crippen LogP contribution in [0.4, 0.5) is 0 Å². The fraction of sp³-hybridized carbons (Fsp3) is 0.263. The molecule has 8 heteroatoms.